The number of hydrogen-bond donors (Lipinski definition) is 1. The molecule has 4 heterocycles. The quantitative estimate of drug-likeness (QED) is 0.378. The predicted molar refractivity (Wildman–Crippen MR) is 148 cm³/mol. The average Bonchev–Trinajstić information content (AvgIpc) is 3.21. The number of carbonyl (C=O) groups excluding carboxylic acids is 2. The number of nitrogens with zero attached hydrogens (tertiary/aromatic N) is 6. The van der Waals surface area contributed by atoms with Gasteiger partial charge in [-0.2, -0.15) is 10.00 Å². The maximum absolute atomic E-state index is 13.2. The van der Waals surface area contributed by atoms with Crippen molar-refractivity contribution in [3.05, 3.63) is 28.1 Å². The van der Waals surface area contributed by atoms with E-state index in [1.54, 1.807) is 52.3 Å². The van der Waals surface area contributed by atoms with Gasteiger partial charge in [0.1, 0.15) is 28.1 Å². The van der Waals surface area contributed by atoms with Crippen LogP contribution in [0.5, 0.6) is 0 Å². The van der Waals surface area contributed by atoms with Gasteiger partial charge in [-0.15, -0.1) is 0 Å². The average molecular weight is 595 g/mol. The maximum atomic E-state index is 13.2. The van der Waals surface area contributed by atoms with Gasteiger partial charge in [-0.05, 0) is 66.9 Å². The summed E-state index contributed by atoms with van der Waals surface area (Å²) in [7, 11) is 0. The van der Waals surface area contributed by atoms with Gasteiger partial charge in [-0.1, -0.05) is 23.2 Å². The van der Waals surface area contributed by atoms with Crippen molar-refractivity contribution in [3.63, 3.8) is 0 Å². The van der Waals surface area contributed by atoms with Crippen LogP contribution in [0, 0.1) is 0 Å². The highest BCUT2D eigenvalue weighted by molar-refractivity contribution is 6.37. The Bertz CT molecular complexity index is 1400. The lowest BCUT2D eigenvalue weighted by Crippen LogP contribution is -2.44. The number of carbonyl (C=O) groups is 2. The van der Waals surface area contributed by atoms with E-state index in [-0.39, 0.29) is 27.4 Å². The van der Waals surface area contributed by atoms with Crippen LogP contribution >= 0.6 is 23.2 Å². The minimum Gasteiger partial charge on any atom is -0.443 e. The van der Waals surface area contributed by atoms with Crippen molar-refractivity contribution in [3.8, 4) is 11.3 Å². The molecule has 4 rings (SSSR count). The lowest BCUT2D eigenvalue weighted by molar-refractivity contribution is -0.0368. The van der Waals surface area contributed by atoms with Crippen molar-refractivity contribution in [2.24, 2.45) is 0 Å². The van der Waals surface area contributed by atoms with Crippen molar-refractivity contribution in [1.29, 1.82) is 0 Å². The van der Waals surface area contributed by atoms with E-state index in [1.165, 1.54) is 6.20 Å². The van der Waals surface area contributed by atoms with Gasteiger partial charge in [0.25, 0.3) is 0 Å². The number of aromatic nitrogens is 5. The minimum absolute atomic E-state index is 0.0288. The first-order valence-corrected chi connectivity index (χ1v) is 13.5. The van der Waals surface area contributed by atoms with Crippen LogP contribution in [-0.2, 0) is 20.8 Å². The molecule has 1 N–H and O–H groups in total. The summed E-state index contributed by atoms with van der Waals surface area (Å²) < 4.78 is 18.5. The van der Waals surface area contributed by atoms with Gasteiger partial charge in [0, 0.05) is 18.4 Å². The third-order valence-electron chi connectivity index (χ3n) is 5.62. The number of pyridine rings is 1. The topological polar surface area (TPSA) is 142 Å². The summed E-state index contributed by atoms with van der Waals surface area (Å²) in [5.74, 6) is -0.219. The molecule has 3 aromatic heterocycles. The lowest BCUT2D eigenvalue weighted by atomic mass is 10.1. The number of aliphatic hydroxyl groups is 1. The minimum atomic E-state index is -1.02. The van der Waals surface area contributed by atoms with E-state index in [1.807, 2.05) is 0 Å². The number of amides is 2. The summed E-state index contributed by atoms with van der Waals surface area (Å²) in [6.45, 7) is 10.1. The summed E-state index contributed by atoms with van der Waals surface area (Å²) in [5, 5.41) is 14.5. The molecule has 1 atom stereocenters. The van der Waals surface area contributed by atoms with Crippen molar-refractivity contribution in [1.82, 2.24) is 24.7 Å². The van der Waals surface area contributed by atoms with Crippen LogP contribution in [0.25, 0.3) is 22.4 Å². The molecule has 1 unspecified atom stereocenters. The summed E-state index contributed by atoms with van der Waals surface area (Å²) in [6, 6.07) is 1.57. The van der Waals surface area contributed by atoms with E-state index >= 15 is 0 Å². The molecule has 40 heavy (non-hydrogen) atoms. The predicted octanol–water partition coefficient (Wildman–Crippen LogP) is 6.06. The molecule has 12 nitrogen and oxygen atoms in total. The first-order valence-electron chi connectivity index (χ1n) is 12.8. The van der Waals surface area contributed by atoms with Crippen LogP contribution in [0.1, 0.15) is 72.7 Å². The lowest BCUT2D eigenvalue weighted by Gasteiger charge is -2.28. The van der Waals surface area contributed by atoms with Crippen LogP contribution < -0.4 is 4.90 Å². The molecule has 3 aromatic rings. The highest BCUT2D eigenvalue weighted by Crippen LogP contribution is 2.39. The molecule has 216 valence electrons. The number of halogens is 2. The van der Waals surface area contributed by atoms with Gasteiger partial charge in [-0.3, -0.25) is 0 Å². The van der Waals surface area contributed by atoms with Gasteiger partial charge in [-0.25, -0.2) is 29.2 Å². The molecular weight excluding hydrogens is 563 g/mol. The number of ether oxygens (including phenoxy) is 3. The van der Waals surface area contributed by atoms with E-state index in [2.05, 4.69) is 15.0 Å². The Hall–Kier alpha value is -3.06. The molecule has 2 amide bonds. The van der Waals surface area contributed by atoms with Crippen LogP contribution in [0.2, 0.25) is 10.2 Å². The monoisotopic (exact) mass is 594 g/mol. The van der Waals surface area contributed by atoms with Crippen LogP contribution in [0.4, 0.5) is 15.4 Å². The summed E-state index contributed by atoms with van der Waals surface area (Å²) >= 11 is 13.1. The maximum Gasteiger partial charge on any atom is 0.425 e. The molecule has 0 radical (unpaired) electrons. The van der Waals surface area contributed by atoms with Crippen molar-refractivity contribution < 1.29 is 28.9 Å². The first kappa shape index (κ1) is 29.9. The number of imide groups is 1. The third kappa shape index (κ3) is 6.46. The third-order valence-corrected chi connectivity index (χ3v) is 6.29. The zero-order valence-electron chi connectivity index (χ0n) is 23.2. The molecule has 0 spiro atoms. The van der Waals surface area contributed by atoms with Crippen LogP contribution in [0.15, 0.2) is 12.3 Å². The zero-order valence-corrected chi connectivity index (χ0v) is 24.7. The second kappa shape index (κ2) is 11.4. The Morgan fingerprint density at radius 1 is 1.10 bits per heavy atom. The SMILES string of the molecule is CC(C)(C)OC(=O)N(C(=O)OC(C)(C)C)c1nccc(-c2nn(C3CCCCO3)c3nc(Cl)c(CO)nc23)c1Cl. The molecule has 0 aromatic carbocycles. The van der Waals surface area contributed by atoms with Crippen molar-refractivity contribution in [2.75, 3.05) is 11.5 Å². The molecule has 1 fully saturated rings. The number of hydrogen-bond acceptors (Lipinski definition) is 10. The normalized spacial score (nSPS) is 16.2. The van der Waals surface area contributed by atoms with E-state index in [9.17, 15) is 14.7 Å². The first-order chi connectivity index (χ1) is 18.7. The van der Waals surface area contributed by atoms with Crippen molar-refractivity contribution >= 4 is 52.4 Å². The fraction of sp³-hybridized carbons (Fsp3) is 0.538. The summed E-state index contributed by atoms with van der Waals surface area (Å²) in [6.07, 6.45) is 1.46. The molecular formula is C26H32Cl2N6O6. The second-order valence-electron chi connectivity index (χ2n) is 11.2. The molecule has 1 aliphatic rings. The molecule has 0 bridgehead atoms. The molecule has 0 saturated carbocycles. The Balaban J connectivity index is 1.90. The van der Waals surface area contributed by atoms with Gasteiger partial charge >= 0.3 is 12.2 Å². The number of anilines is 1. The standard InChI is InChI=1S/C26H32Cl2N6O6/c1-25(2,3)39-23(36)33(24(37)40-26(4,5)6)21-17(27)14(10-11-29-21)18-19-22(31-20(28)15(13-35)30-19)34(32-18)16-9-7-8-12-38-16/h10-11,16,35H,7-9,12-13H2,1-6H3. The smallest absolute Gasteiger partial charge is 0.425 e. The number of aliphatic hydroxyl groups excluding tert-OH is 1. The van der Waals surface area contributed by atoms with E-state index in [4.69, 9.17) is 42.5 Å². The van der Waals surface area contributed by atoms with E-state index in [0.717, 1.165) is 12.8 Å². The summed E-state index contributed by atoms with van der Waals surface area (Å²) in [5.41, 5.74) is -0.516. The molecule has 14 heteroatoms. The highest BCUT2D eigenvalue weighted by Gasteiger charge is 2.36. The van der Waals surface area contributed by atoms with Gasteiger partial charge < -0.3 is 19.3 Å². The molecule has 0 aliphatic carbocycles. The Kier molecular flexibility index (Phi) is 8.55. The molecule has 1 aliphatic heterocycles. The highest BCUT2D eigenvalue weighted by atomic mass is 35.5. The zero-order chi connectivity index (χ0) is 29.4. The van der Waals surface area contributed by atoms with Gasteiger partial charge in [0.05, 0.1) is 11.6 Å². The van der Waals surface area contributed by atoms with Gasteiger partial charge in [0.15, 0.2) is 22.8 Å². The Morgan fingerprint density at radius 3 is 2.30 bits per heavy atom. The molecule has 1 saturated heterocycles. The van der Waals surface area contributed by atoms with Gasteiger partial charge in [0.2, 0.25) is 0 Å². The second-order valence-corrected chi connectivity index (χ2v) is 11.9. The van der Waals surface area contributed by atoms with E-state index < -0.39 is 36.2 Å². The number of rotatable bonds is 4. The van der Waals surface area contributed by atoms with Crippen LogP contribution in [0.3, 0.4) is 0 Å². The fourth-order valence-corrected chi connectivity index (χ4v) is 4.46. The van der Waals surface area contributed by atoms with Crippen molar-refractivity contribution in [2.45, 2.75) is 84.8 Å². The fourth-order valence-electron chi connectivity index (χ4n) is 4.00. The van der Waals surface area contributed by atoms with E-state index in [0.29, 0.717) is 34.7 Å². The summed E-state index contributed by atoms with van der Waals surface area (Å²) in [4.78, 5) is 40.3. The Labute approximate surface area is 241 Å². The van der Waals surface area contributed by atoms with Crippen LogP contribution in [-0.4, -0.2) is 59.8 Å². The number of fused-ring (bicyclic) bond motifs is 1. The largest absolute Gasteiger partial charge is 0.443 e. The Morgan fingerprint density at radius 2 is 1.75 bits per heavy atom.